The first-order valence-electron chi connectivity index (χ1n) is 6.36. The lowest BCUT2D eigenvalue weighted by molar-refractivity contribution is -0.112. The minimum Gasteiger partial charge on any atom is -0.495 e. The highest BCUT2D eigenvalue weighted by molar-refractivity contribution is 6.46. The number of ether oxygens (including phenoxy) is 2. The molecule has 6 nitrogen and oxygen atoms in total. The van der Waals surface area contributed by atoms with Gasteiger partial charge >= 0.3 is 0 Å². The third-order valence-corrected chi connectivity index (χ3v) is 3.40. The van der Waals surface area contributed by atoms with Crippen LogP contribution in [0.3, 0.4) is 0 Å². The van der Waals surface area contributed by atoms with E-state index in [4.69, 9.17) is 21.1 Å². The van der Waals surface area contributed by atoms with E-state index in [1.165, 1.54) is 26.4 Å². The Labute approximate surface area is 132 Å². The SMILES string of the molecule is COc1cc(OC)c(NC(=O)C(=O)c2cccn2C)cc1Cl. The lowest BCUT2D eigenvalue weighted by Crippen LogP contribution is -2.24. The summed E-state index contributed by atoms with van der Waals surface area (Å²) in [5.74, 6) is -0.678. The Hall–Kier alpha value is -2.47. The van der Waals surface area contributed by atoms with E-state index in [0.717, 1.165) is 0 Å². The first-order chi connectivity index (χ1) is 10.5. The van der Waals surface area contributed by atoms with E-state index in [0.29, 0.717) is 22.2 Å². The maximum atomic E-state index is 12.1. The third-order valence-electron chi connectivity index (χ3n) is 3.10. The number of amides is 1. The van der Waals surface area contributed by atoms with Crippen LogP contribution in [0.2, 0.25) is 5.02 Å². The zero-order valence-corrected chi connectivity index (χ0v) is 13.1. The molecule has 0 unspecified atom stereocenters. The highest BCUT2D eigenvalue weighted by Gasteiger charge is 2.21. The smallest absolute Gasteiger partial charge is 0.298 e. The summed E-state index contributed by atoms with van der Waals surface area (Å²) in [6.07, 6.45) is 1.69. The first-order valence-corrected chi connectivity index (χ1v) is 6.74. The van der Waals surface area contributed by atoms with E-state index in [-0.39, 0.29) is 5.69 Å². The van der Waals surface area contributed by atoms with Crippen LogP contribution in [0.15, 0.2) is 30.5 Å². The van der Waals surface area contributed by atoms with Gasteiger partial charge in [-0.3, -0.25) is 9.59 Å². The standard InChI is InChI=1S/C15H15ClN2O4/c1-18-6-4-5-11(18)14(19)15(20)17-10-7-9(16)12(21-2)8-13(10)22-3/h4-8H,1-3H3,(H,17,20). The van der Waals surface area contributed by atoms with Crippen LogP contribution in [-0.2, 0) is 11.8 Å². The number of ketones is 1. The van der Waals surface area contributed by atoms with Crippen LogP contribution in [-0.4, -0.2) is 30.5 Å². The molecule has 22 heavy (non-hydrogen) atoms. The van der Waals surface area contributed by atoms with E-state index in [1.807, 2.05) is 0 Å². The minimum absolute atomic E-state index is 0.288. The van der Waals surface area contributed by atoms with E-state index in [2.05, 4.69) is 5.32 Å². The first kappa shape index (κ1) is 15.9. The molecule has 1 aromatic heterocycles. The van der Waals surface area contributed by atoms with Crippen molar-refractivity contribution in [3.63, 3.8) is 0 Å². The van der Waals surface area contributed by atoms with Gasteiger partial charge in [0.15, 0.2) is 0 Å². The van der Waals surface area contributed by atoms with Crippen LogP contribution in [0.5, 0.6) is 11.5 Å². The Balaban J connectivity index is 2.27. The minimum atomic E-state index is -0.777. The van der Waals surface area contributed by atoms with Crippen molar-refractivity contribution < 1.29 is 19.1 Å². The molecule has 1 aromatic carbocycles. The fourth-order valence-electron chi connectivity index (χ4n) is 1.95. The van der Waals surface area contributed by atoms with Gasteiger partial charge in [0.05, 0.1) is 30.6 Å². The monoisotopic (exact) mass is 322 g/mol. The summed E-state index contributed by atoms with van der Waals surface area (Å²) in [6.45, 7) is 0. The predicted octanol–water partition coefficient (Wildman–Crippen LogP) is 2.52. The molecule has 0 saturated heterocycles. The molecule has 1 N–H and O–H groups in total. The quantitative estimate of drug-likeness (QED) is 0.678. The van der Waals surface area contributed by atoms with E-state index < -0.39 is 11.7 Å². The van der Waals surface area contributed by atoms with E-state index in [9.17, 15) is 9.59 Å². The van der Waals surface area contributed by atoms with Gasteiger partial charge in [0, 0.05) is 19.3 Å². The third kappa shape index (κ3) is 3.07. The largest absolute Gasteiger partial charge is 0.495 e. The van der Waals surface area contributed by atoms with Crippen molar-refractivity contribution in [3.8, 4) is 11.5 Å². The van der Waals surface area contributed by atoms with Gasteiger partial charge in [-0.1, -0.05) is 11.6 Å². The van der Waals surface area contributed by atoms with Crippen molar-refractivity contribution in [3.05, 3.63) is 41.2 Å². The Bertz CT molecular complexity index is 724. The van der Waals surface area contributed by atoms with Crippen LogP contribution in [0.4, 0.5) is 5.69 Å². The molecule has 0 spiro atoms. The fourth-order valence-corrected chi connectivity index (χ4v) is 2.19. The number of anilines is 1. The second kappa shape index (κ2) is 6.53. The van der Waals surface area contributed by atoms with Crippen molar-refractivity contribution in [2.24, 2.45) is 7.05 Å². The van der Waals surface area contributed by atoms with Crippen molar-refractivity contribution in [2.45, 2.75) is 0 Å². The van der Waals surface area contributed by atoms with Gasteiger partial charge in [-0.05, 0) is 18.2 Å². The predicted molar refractivity (Wildman–Crippen MR) is 82.9 cm³/mol. The summed E-state index contributed by atoms with van der Waals surface area (Å²) in [4.78, 5) is 24.2. The molecule has 0 aliphatic rings. The number of benzene rings is 1. The summed E-state index contributed by atoms with van der Waals surface area (Å²) in [6, 6.07) is 6.26. The summed E-state index contributed by atoms with van der Waals surface area (Å²) >= 11 is 6.03. The van der Waals surface area contributed by atoms with Crippen molar-refractivity contribution in [2.75, 3.05) is 19.5 Å². The van der Waals surface area contributed by atoms with Gasteiger partial charge in [-0.2, -0.15) is 0 Å². The van der Waals surface area contributed by atoms with Crippen LogP contribution in [0, 0.1) is 0 Å². The molecule has 2 aromatic rings. The molecule has 116 valence electrons. The van der Waals surface area contributed by atoms with E-state index >= 15 is 0 Å². The summed E-state index contributed by atoms with van der Waals surface area (Å²) in [5, 5.41) is 2.80. The Morgan fingerprint density at radius 3 is 2.41 bits per heavy atom. The van der Waals surface area contributed by atoms with Gasteiger partial charge in [-0.15, -0.1) is 0 Å². The maximum Gasteiger partial charge on any atom is 0.298 e. The second-order valence-electron chi connectivity index (χ2n) is 4.47. The number of aryl methyl sites for hydroxylation is 1. The summed E-state index contributed by atoms with van der Waals surface area (Å²) < 4.78 is 11.8. The molecule has 0 aliphatic heterocycles. The summed E-state index contributed by atoms with van der Waals surface area (Å²) in [5.41, 5.74) is 0.580. The van der Waals surface area contributed by atoms with Gasteiger partial charge in [0.25, 0.3) is 11.7 Å². The van der Waals surface area contributed by atoms with Crippen molar-refractivity contribution >= 4 is 29.0 Å². The van der Waals surface area contributed by atoms with Crippen LogP contribution < -0.4 is 14.8 Å². The highest BCUT2D eigenvalue weighted by Crippen LogP contribution is 2.35. The highest BCUT2D eigenvalue weighted by atomic mass is 35.5. The van der Waals surface area contributed by atoms with E-state index in [1.54, 1.807) is 29.9 Å². The van der Waals surface area contributed by atoms with Crippen LogP contribution >= 0.6 is 11.6 Å². The number of halogens is 1. The average Bonchev–Trinajstić information content (AvgIpc) is 2.92. The molecule has 7 heteroatoms. The molecule has 0 bridgehead atoms. The number of carbonyl (C=O) groups is 2. The molecule has 0 radical (unpaired) electrons. The molecule has 0 fully saturated rings. The Morgan fingerprint density at radius 1 is 1.18 bits per heavy atom. The number of rotatable bonds is 5. The molecule has 0 aliphatic carbocycles. The number of hydrogen-bond acceptors (Lipinski definition) is 4. The fraction of sp³-hybridized carbons (Fsp3) is 0.200. The van der Waals surface area contributed by atoms with Crippen LogP contribution in [0.1, 0.15) is 10.5 Å². The molecule has 2 rings (SSSR count). The number of carbonyl (C=O) groups excluding carboxylic acids is 2. The molecular formula is C15H15ClN2O4. The Kier molecular flexibility index (Phi) is 4.72. The number of methoxy groups -OCH3 is 2. The van der Waals surface area contributed by atoms with Gasteiger partial charge in [0.2, 0.25) is 0 Å². The zero-order chi connectivity index (χ0) is 16.3. The molecular weight excluding hydrogens is 308 g/mol. The lowest BCUT2D eigenvalue weighted by atomic mass is 10.2. The molecule has 0 atom stereocenters. The van der Waals surface area contributed by atoms with Gasteiger partial charge < -0.3 is 19.4 Å². The maximum absolute atomic E-state index is 12.1. The summed E-state index contributed by atoms with van der Waals surface area (Å²) in [7, 11) is 4.60. The number of nitrogens with one attached hydrogen (secondary N) is 1. The number of aromatic nitrogens is 1. The number of hydrogen-bond donors (Lipinski definition) is 1. The van der Waals surface area contributed by atoms with Crippen molar-refractivity contribution in [1.82, 2.24) is 4.57 Å². The number of nitrogens with zero attached hydrogens (tertiary/aromatic N) is 1. The van der Waals surface area contributed by atoms with Crippen LogP contribution in [0.25, 0.3) is 0 Å². The average molecular weight is 323 g/mol. The molecule has 0 saturated carbocycles. The van der Waals surface area contributed by atoms with Gasteiger partial charge in [0.1, 0.15) is 11.5 Å². The van der Waals surface area contributed by atoms with Crippen molar-refractivity contribution in [1.29, 1.82) is 0 Å². The normalized spacial score (nSPS) is 10.2. The zero-order valence-electron chi connectivity index (χ0n) is 12.3. The Morgan fingerprint density at radius 2 is 1.86 bits per heavy atom. The molecule has 1 heterocycles. The topological polar surface area (TPSA) is 69.6 Å². The van der Waals surface area contributed by atoms with Gasteiger partial charge in [-0.25, -0.2) is 0 Å². The number of Topliss-reactive ketones (excluding diaryl/α,β-unsaturated/α-hetero) is 1. The molecule has 1 amide bonds. The second-order valence-corrected chi connectivity index (χ2v) is 4.88. The lowest BCUT2D eigenvalue weighted by Gasteiger charge is -2.12.